The van der Waals surface area contributed by atoms with Crippen LogP contribution in [0.5, 0.6) is 11.5 Å². The zero-order valence-corrected chi connectivity index (χ0v) is 6.54. The van der Waals surface area contributed by atoms with Crippen molar-refractivity contribution < 1.29 is 19.3 Å². The standard InChI is InChI=1S/C8H9FO3/c1-12-7-3-6(11)2-5(4-10)8(7)9/h2-3,10-11H,4H2,1H3. The molecule has 0 radical (unpaired) electrons. The van der Waals surface area contributed by atoms with E-state index in [4.69, 9.17) is 10.2 Å². The zero-order chi connectivity index (χ0) is 9.14. The topological polar surface area (TPSA) is 49.7 Å². The monoisotopic (exact) mass is 172 g/mol. The number of aliphatic hydroxyl groups excluding tert-OH is 1. The van der Waals surface area contributed by atoms with Crippen LogP contribution in [0.3, 0.4) is 0 Å². The van der Waals surface area contributed by atoms with Crippen LogP contribution < -0.4 is 4.74 Å². The lowest BCUT2D eigenvalue weighted by Gasteiger charge is -2.05. The zero-order valence-electron chi connectivity index (χ0n) is 6.54. The number of hydrogen-bond donors (Lipinski definition) is 2. The van der Waals surface area contributed by atoms with Crippen molar-refractivity contribution in [3.63, 3.8) is 0 Å². The van der Waals surface area contributed by atoms with Crippen LogP contribution in [-0.2, 0) is 6.61 Å². The van der Waals surface area contributed by atoms with Crippen molar-refractivity contribution >= 4 is 0 Å². The van der Waals surface area contributed by atoms with Crippen LogP contribution in [0.1, 0.15) is 5.56 Å². The van der Waals surface area contributed by atoms with Crippen LogP contribution in [0.25, 0.3) is 0 Å². The van der Waals surface area contributed by atoms with Gasteiger partial charge in [-0.3, -0.25) is 0 Å². The molecule has 0 saturated carbocycles. The maximum absolute atomic E-state index is 13.1. The highest BCUT2D eigenvalue weighted by Crippen LogP contribution is 2.26. The minimum atomic E-state index is -0.641. The molecule has 0 aliphatic heterocycles. The van der Waals surface area contributed by atoms with Crippen molar-refractivity contribution in [2.75, 3.05) is 7.11 Å². The normalized spacial score (nSPS) is 9.92. The fraction of sp³-hybridized carbons (Fsp3) is 0.250. The smallest absolute Gasteiger partial charge is 0.170 e. The largest absolute Gasteiger partial charge is 0.508 e. The van der Waals surface area contributed by atoms with Crippen molar-refractivity contribution in [3.8, 4) is 11.5 Å². The Morgan fingerprint density at radius 1 is 1.50 bits per heavy atom. The van der Waals surface area contributed by atoms with E-state index in [0.29, 0.717) is 0 Å². The second-order valence-corrected chi connectivity index (χ2v) is 2.28. The van der Waals surface area contributed by atoms with E-state index >= 15 is 0 Å². The first-order chi connectivity index (χ1) is 5.69. The molecule has 0 aliphatic carbocycles. The van der Waals surface area contributed by atoms with Crippen molar-refractivity contribution in [3.05, 3.63) is 23.5 Å². The number of hydrogen-bond acceptors (Lipinski definition) is 3. The molecule has 0 bridgehead atoms. The van der Waals surface area contributed by atoms with Crippen LogP contribution in [-0.4, -0.2) is 17.3 Å². The number of methoxy groups -OCH3 is 1. The predicted molar refractivity (Wildman–Crippen MR) is 40.5 cm³/mol. The Labute approximate surface area is 69.0 Å². The SMILES string of the molecule is COc1cc(O)cc(CO)c1F. The van der Waals surface area contributed by atoms with Gasteiger partial charge in [0.1, 0.15) is 5.75 Å². The van der Waals surface area contributed by atoms with Gasteiger partial charge in [-0.2, -0.15) is 0 Å². The van der Waals surface area contributed by atoms with E-state index in [1.165, 1.54) is 7.11 Å². The second kappa shape index (κ2) is 3.40. The first-order valence-corrected chi connectivity index (χ1v) is 3.35. The van der Waals surface area contributed by atoms with E-state index in [9.17, 15) is 4.39 Å². The third-order valence-electron chi connectivity index (χ3n) is 1.49. The molecule has 3 nitrogen and oxygen atoms in total. The molecule has 1 aromatic carbocycles. The number of ether oxygens (including phenoxy) is 1. The van der Waals surface area contributed by atoms with Crippen molar-refractivity contribution in [2.45, 2.75) is 6.61 Å². The third-order valence-corrected chi connectivity index (χ3v) is 1.49. The van der Waals surface area contributed by atoms with Gasteiger partial charge >= 0.3 is 0 Å². The van der Waals surface area contributed by atoms with Gasteiger partial charge < -0.3 is 14.9 Å². The highest BCUT2D eigenvalue weighted by atomic mass is 19.1. The molecule has 0 aromatic heterocycles. The van der Waals surface area contributed by atoms with Gasteiger partial charge in [-0.25, -0.2) is 4.39 Å². The van der Waals surface area contributed by atoms with Crippen LogP contribution in [0.4, 0.5) is 4.39 Å². The van der Waals surface area contributed by atoms with E-state index < -0.39 is 12.4 Å². The lowest BCUT2D eigenvalue weighted by atomic mass is 10.2. The molecule has 0 unspecified atom stereocenters. The number of phenols is 1. The molecule has 2 N–H and O–H groups in total. The van der Waals surface area contributed by atoms with Crippen LogP contribution in [0.2, 0.25) is 0 Å². The number of phenolic OH excluding ortho intramolecular Hbond substituents is 1. The Morgan fingerprint density at radius 3 is 2.67 bits per heavy atom. The molecule has 66 valence electrons. The fourth-order valence-corrected chi connectivity index (χ4v) is 0.903. The predicted octanol–water partition coefficient (Wildman–Crippen LogP) is 1.03. The maximum Gasteiger partial charge on any atom is 0.170 e. The molecular formula is C8H9FO3. The molecule has 0 saturated heterocycles. The summed E-state index contributed by atoms with van der Waals surface area (Å²) in [6.45, 7) is -0.462. The summed E-state index contributed by atoms with van der Waals surface area (Å²) in [4.78, 5) is 0. The average molecular weight is 172 g/mol. The van der Waals surface area contributed by atoms with Gasteiger partial charge in [0.15, 0.2) is 11.6 Å². The Balaban J connectivity index is 3.22. The van der Waals surface area contributed by atoms with Gasteiger partial charge in [-0.1, -0.05) is 0 Å². The second-order valence-electron chi connectivity index (χ2n) is 2.28. The highest BCUT2D eigenvalue weighted by molar-refractivity contribution is 5.38. The van der Waals surface area contributed by atoms with E-state index in [-0.39, 0.29) is 17.1 Å². The minimum Gasteiger partial charge on any atom is -0.508 e. The third kappa shape index (κ3) is 1.48. The van der Waals surface area contributed by atoms with Crippen LogP contribution in [0, 0.1) is 5.82 Å². The Kier molecular flexibility index (Phi) is 2.50. The summed E-state index contributed by atoms with van der Waals surface area (Å²) >= 11 is 0. The maximum atomic E-state index is 13.1. The molecule has 1 aromatic rings. The Bertz CT molecular complexity index is 261. The number of halogens is 1. The molecule has 12 heavy (non-hydrogen) atoms. The van der Waals surface area contributed by atoms with E-state index in [1.807, 2.05) is 0 Å². The number of rotatable bonds is 2. The van der Waals surface area contributed by atoms with Crippen molar-refractivity contribution in [2.24, 2.45) is 0 Å². The Hall–Kier alpha value is -1.29. The highest BCUT2D eigenvalue weighted by Gasteiger charge is 2.09. The first kappa shape index (κ1) is 8.80. The Morgan fingerprint density at radius 2 is 2.17 bits per heavy atom. The van der Waals surface area contributed by atoms with Gasteiger partial charge in [-0.05, 0) is 6.07 Å². The van der Waals surface area contributed by atoms with Crippen LogP contribution in [0.15, 0.2) is 12.1 Å². The van der Waals surface area contributed by atoms with Gasteiger partial charge in [-0.15, -0.1) is 0 Å². The molecule has 0 atom stereocenters. The van der Waals surface area contributed by atoms with Gasteiger partial charge in [0.25, 0.3) is 0 Å². The molecule has 0 spiro atoms. The van der Waals surface area contributed by atoms with Crippen molar-refractivity contribution in [1.82, 2.24) is 0 Å². The summed E-state index contributed by atoms with van der Waals surface area (Å²) in [6.07, 6.45) is 0. The summed E-state index contributed by atoms with van der Waals surface area (Å²) in [5.41, 5.74) is 0.0202. The van der Waals surface area contributed by atoms with Crippen LogP contribution >= 0.6 is 0 Å². The van der Waals surface area contributed by atoms with Gasteiger partial charge in [0.2, 0.25) is 0 Å². The number of aliphatic hydroxyl groups is 1. The number of aromatic hydroxyl groups is 1. The van der Waals surface area contributed by atoms with E-state index in [0.717, 1.165) is 12.1 Å². The lowest BCUT2D eigenvalue weighted by molar-refractivity contribution is 0.271. The quantitative estimate of drug-likeness (QED) is 0.700. The molecule has 0 aliphatic rings. The molecular weight excluding hydrogens is 163 g/mol. The summed E-state index contributed by atoms with van der Waals surface area (Å²) in [7, 11) is 1.29. The summed E-state index contributed by atoms with van der Waals surface area (Å²) in [6, 6.07) is 2.30. The molecule has 4 heteroatoms. The minimum absolute atomic E-state index is 0.0202. The molecule has 0 fully saturated rings. The van der Waals surface area contributed by atoms with Crippen molar-refractivity contribution in [1.29, 1.82) is 0 Å². The summed E-state index contributed by atoms with van der Waals surface area (Å²) in [5, 5.41) is 17.7. The van der Waals surface area contributed by atoms with E-state index in [1.54, 1.807) is 0 Å². The average Bonchev–Trinajstić information content (AvgIpc) is 2.08. The summed E-state index contributed by atoms with van der Waals surface area (Å²) in [5.74, 6) is -0.839. The molecule has 0 heterocycles. The van der Waals surface area contributed by atoms with Gasteiger partial charge in [0.05, 0.1) is 13.7 Å². The molecule has 1 rings (SSSR count). The first-order valence-electron chi connectivity index (χ1n) is 3.35. The van der Waals surface area contributed by atoms with E-state index in [2.05, 4.69) is 4.74 Å². The number of benzene rings is 1. The fourth-order valence-electron chi connectivity index (χ4n) is 0.903. The summed E-state index contributed by atoms with van der Waals surface area (Å²) < 4.78 is 17.7. The van der Waals surface area contributed by atoms with Gasteiger partial charge in [0, 0.05) is 11.6 Å². The molecule has 0 amide bonds. The lowest BCUT2D eigenvalue weighted by Crippen LogP contribution is -1.94.